The Labute approximate surface area is 463 Å². The highest BCUT2D eigenvalue weighted by Gasteiger charge is 2.44. The van der Waals surface area contributed by atoms with Crippen LogP contribution in [0, 0.1) is 24.0 Å². The van der Waals surface area contributed by atoms with Gasteiger partial charge in [0.25, 0.3) is 21.8 Å². The number of imidazole rings is 1. The number of aromatic nitrogens is 6. The number of likely N-dealkylation sites (tertiary alicyclic amines) is 1. The highest BCUT2D eigenvalue weighted by atomic mass is 32.2. The number of carbonyl (C=O) groups excluding carboxylic acids is 4. The molecule has 0 unspecified atom stereocenters. The van der Waals surface area contributed by atoms with Crippen LogP contribution in [-0.4, -0.2) is 110 Å². The number of hydrogen-bond donors (Lipinski definition) is 5. The molecule has 3 aromatic carbocycles. The fourth-order valence-corrected chi connectivity index (χ4v) is 11.2. The van der Waals surface area contributed by atoms with Gasteiger partial charge in [-0.15, -0.1) is 21.5 Å². The van der Waals surface area contributed by atoms with Gasteiger partial charge < -0.3 is 35.1 Å². The highest BCUT2D eigenvalue weighted by Crippen LogP contribution is 2.34. The fraction of sp³-hybridized carbons (Fsp3) is 0.304. The van der Waals surface area contributed by atoms with Crippen molar-refractivity contribution in [3.63, 3.8) is 0 Å². The molecule has 24 heteroatoms. The number of nitrogens with one attached hydrogen (secondary N) is 4. The van der Waals surface area contributed by atoms with E-state index in [4.69, 9.17) is 9.15 Å². The lowest BCUT2D eigenvalue weighted by molar-refractivity contribution is -0.144. The first-order valence-electron chi connectivity index (χ1n) is 25.5. The molecule has 0 spiro atoms. The van der Waals surface area contributed by atoms with E-state index in [-0.39, 0.29) is 60.8 Å². The van der Waals surface area contributed by atoms with Gasteiger partial charge in [0.05, 0.1) is 46.6 Å². The van der Waals surface area contributed by atoms with Gasteiger partial charge in [0.2, 0.25) is 29.5 Å². The Morgan fingerprint density at radius 2 is 1.65 bits per heavy atom. The van der Waals surface area contributed by atoms with E-state index in [2.05, 4.69) is 45.8 Å². The van der Waals surface area contributed by atoms with E-state index in [1.807, 2.05) is 52.0 Å². The average Bonchev–Trinajstić information content (AvgIpc) is 4.32. The first kappa shape index (κ1) is 56.2. The predicted octanol–water partition coefficient (Wildman–Crippen LogP) is 7.73. The Morgan fingerprint density at radius 1 is 0.887 bits per heavy atom. The van der Waals surface area contributed by atoms with Gasteiger partial charge in [-0.25, -0.2) is 32.2 Å². The van der Waals surface area contributed by atoms with Gasteiger partial charge in [-0.2, -0.15) is 0 Å². The molecule has 0 saturated carbocycles. The Balaban J connectivity index is 0.773. The number of halogens is 2. The van der Waals surface area contributed by atoms with Crippen LogP contribution in [0.4, 0.5) is 14.5 Å². The van der Waals surface area contributed by atoms with E-state index in [0.29, 0.717) is 59.9 Å². The van der Waals surface area contributed by atoms with E-state index >= 15 is 0 Å². The van der Waals surface area contributed by atoms with Crippen molar-refractivity contribution in [1.82, 2.24) is 50.4 Å². The lowest BCUT2D eigenvalue weighted by atomic mass is 9.85. The molecule has 1 fully saturated rings. The van der Waals surface area contributed by atoms with Gasteiger partial charge in [-0.1, -0.05) is 63.6 Å². The molecule has 80 heavy (non-hydrogen) atoms. The predicted molar refractivity (Wildman–Crippen MR) is 293 cm³/mol. The van der Waals surface area contributed by atoms with Gasteiger partial charge in [0.15, 0.2) is 0 Å². The maximum absolute atomic E-state index is 14.5. The number of benzene rings is 3. The Hall–Kier alpha value is -8.48. The summed E-state index contributed by atoms with van der Waals surface area (Å²) in [5, 5.41) is 27.9. The minimum absolute atomic E-state index is 0.0408. The highest BCUT2D eigenvalue weighted by molar-refractivity contribution is 7.92. The zero-order chi connectivity index (χ0) is 56.9. The SMILES string of the molecule is COc1ncc(-c2ccc3ncc(-c4nnc(-c5ccccc5C(=O)NCCCCCC(=O)N[C@H](C(=O)N5C[C@@H](O)C[C@@H]5C(=O)NCc5ccc(-c6scnc6C)cc5)C(C)(C)C)o4)n3c2)cc1NS(=O)(=O)c1ccc(F)cc1F. The maximum Gasteiger partial charge on any atom is 0.266 e. The average molecular weight is 1130 g/mol. The van der Waals surface area contributed by atoms with Gasteiger partial charge in [0.1, 0.15) is 45.6 Å². The smallest absolute Gasteiger partial charge is 0.266 e. The zero-order valence-electron chi connectivity index (χ0n) is 44.2. The number of ether oxygens (including phenoxy) is 1. The van der Waals surface area contributed by atoms with Crippen LogP contribution in [0.1, 0.15) is 74.5 Å². The van der Waals surface area contributed by atoms with Crippen LogP contribution >= 0.6 is 11.3 Å². The van der Waals surface area contributed by atoms with E-state index in [9.17, 15) is 41.5 Å². The summed E-state index contributed by atoms with van der Waals surface area (Å²) in [5.41, 5.74) is 6.32. The minimum atomic E-state index is -4.54. The summed E-state index contributed by atoms with van der Waals surface area (Å²) in [5.74, 6) is -3.76. The number of anilines is 1. The van der Waals surface area contributed by atoms with Crippen molar-refractivity contribution in [3.8, 4) is 50.5 Å². The minimum Gasteiger partial charge on any atom is -0.480 e. The standard InChI is InChI=1S/C56H57F2N11O9S2/c1-32-48(79-31-63-32)34-16-14-33(15-17-34)26-61-51(73)43-25-38(70)30-69(43)55(74)49(56(2,3)4)64-47(71)13-7-6-10-22-59-50(72)39-11-8-9-12-40(39)52-65-66-54(78-52)44-28-60-46-21-18-35(29-68(44)46)36-23-42(53(77-5)62-27-36)67-80(75,76)45-20-19-37(57)24-41(45)58/h8-9,11-12,14-21,23-24,27-29,31,38,43,49,67,70H,6-7,10,13,22,25-26,30H2,1-5H3,(H,59,72)(H,61,73)(H,64,71)/t38-,43+,49+/m0/s1. The van der Waals surface area contributed by atoms with Gasteiger partial charge in [0, 0.05) is 62.1 Å². The summed E-state index contributed by atoms with van der Waals surface area (Å²) in [6, 6.07) is 19.6. The Kier molecular flexibility index (Phi) is 16.8. The number of aryl methyl sites for hydroxylation is 1. The molecule has 3 atom stereocenters. The van der Waals surface area contributed by atoms with Crippen LogP contribution in [0.3, 0.4) is 0 Å². The van der Waals surface area contributed by atoms with Crippen molar-refractivity contribution in [1.29, 1.82) is 0 Å². The number of carbonyl (C=O) groups is 4. The third-order valence-corrected chi connectivity index (χ3v) is 15.8. The second-order valence-corrected chi connectivity index (χ2v) is 22.7. The topological polar surface area (TPSA) is 265 Å². The zero-order valence-corrected chi connectivity index (χ0v) is 45.8. The van der Waals surface area contributed by atoms with Gasteiger partial charge in [-0.05, 0) is 78.8 Å². The van der Waals surface area contributed by atoms with Gasteiger partial charge >= 0.3 is 0 Å². The number of aliphatic hydroxyl groups excluding tert-OH is 1. The largest absolute Gasteiger partial charge is 0.480 e. The van der Waals surface area contributed by atoms with Crippen molar-refractivity contribution in [2.45, 2.75) is 89.4 Å². The Bertz CT molecular complexity index is 3710. The second-order valence-electron chi connectivity index (χ2n) is 20.2. The molecule has 8 aromatic rings. The summed E-state index contributed by atoms with van der Waals surface area (Å²) in [4.78, 5) is 69.3. The normalized spacial score (nSPS) is 14.9. The molecule has 1 aliphatic rings. The number of hydrogen-bond acceptors (Lipinski definition) is 15. The number of nitrogens with zero attached hydrogens (tertiary/aromatic N) is 7. The van der Waals surface area contributed by atoms with Crippen LogP contribution in [0.5, 0.6) is 5.88 Å². The molecule has 0 radical (unpaired) electrons. The number of amides is 4. The summed E-state index contributed by atoms with van der Waals surface area (Å²) < 4.78 is 69.8. The molecular weight excluding hydrogens is 1070 g/mol. The number of methoxy groups -OCH3 is 1. The second kappa shape index (κ2) is 23.9. The number of pyridine rings is 2. The molecule has 0 aliphatic carbocycles. The molecule has 20 nitrogen and oxygen atoms in total. The van der Waals surface area contributed by atoms with Crippen LogP contribution in [0.25, 0.3) is 50.3 Å². The molecule has 4 amide bonds. The molecule has 416 valence electrons. The molecule has 9 rings (SSSR count). The van der Waals surface area contributed by atoms with Crippen molar-refractivity contribution in [2.75, 3.05) is 24.9 Å². The number of unbranched alkanes of at least 4 members (excludes halogenated alkanes) is 2. The number of rotatable bonds is 20. The number of aliphatic hydroxyl groups is 1. The quantitative estimate of drug-likeness (QED) is 0.0458. The van der Waals surface area contributed by atoms with Crippen LogP contribution in [-0.2, 0) is 31.0 Å². The molecule has 6 heterocycles. The fourth-order valence-electron chi connectivity index (χ4n) is 9.25. The van der Waals surface area contributed by atoms with E-state index in [1.54, 1.807) is 63.8 Å². The summed E-state index contributed by atoms with van der Waals surface area (Å²) >= 11 is 1.56. The van der Waals surface area contributed by atoms with E-state index in [1.165, 1.54) is 30.5 Å². The number of thiazole rings is 1. The molecular formula is C56H57F2N11O9S2. The lowest BCUT2D eigenvalue weighted by Gasteiger charge is -2.35. The first-order valence-corrected chi connectivity index (χ1v) is 27.9. The van der Waals surface area contributed by atoms with E-state index < -0.39 is 67.9 Å². The van der Waals surface area contributed by atoms with E-state index in [0.717, 1.165) is 33.8 Å². The summed E-state index contributed by atoms with van der Waals surface area (Å²) in [6.07, 6.45) is 5.54. The summed E-state index contributed by atoms with van der Waals surface area (Å²) in [7, 11) is -3.25. The third kappa shape index (κ3) is 12.7. The summed E-state index contributed by atoms with van der Waals surface area (Å²) in [6.45, 7) is 7.92. The monoisotopic (exact) mass is 1130 g/mol. The number of sulfonamides is 1. The van der Waals surface area contributed by atoms with Crippen molar-refractivity contribution in [3.05, 3.63) is 137 Å². The number of β-amino-alcohol motifs (C(OH)–C–C–N with tert-alkyl or cyclic N) is 1. The molecule has 1 saturated heterocycles. The maximum atomic E-state index is 14.5. The molecule has 5 aromatic heterocycles. The molecule has 1 aliphatic heterocycles. The van der Waals surface area contributed by atoms with Crippen LogP contribution < -0.4 is 25.4 Å². The van der Waals surface area contributed by atoms with Gasteiger partial charge in [-0.3, -0.25) is 28.3 Å². The van der Waals surface area contributed by atoms with Crippen molar-refractivity contribution in [2.24, 2.45) is 5.41 Å². The number of fused-ring (bicyclic) bond motifs is 1. The van der Waals surface area contributed by atoms with Crippen molar-refractivity contribution >= 4 is 56.3 Å². The lowest BCUT2D eigenvalue weighted by Crippen LogP contribution is -2.57. The van der Waals surface area contributed by atoms with Crippen LogP contribution in [0.2, 0.25) is 0 Å². The van der Waals surface area contributed by atoms with Crippen molar-refractivity contribution < 1.29 is 50.6 Å². The Morgan fingerprint density at radius 3 is 2.39 bits per heavy atom. The molecule has 0 bridgehead atoms. The van der Waals surface area contributed by atoms with Crippen LogP contribution in [0.15, 0.2) is 118 Å². The molecule has 5 N–H and O–H groups in total. The first-order chi connectivity index (χ1) is 38.3. The third-order valence-electron chi connectivity index (χ3n) is 13.4.